The molecule has 0 spiro atoms. The van der Waals surface area contributed by atoms with Gasteiger partial charge in [0.25, 0.3) is 0 Å². The second kappa shape index (κ2) is 7.32. The standard InChI is InChI=1S/C10H19NO6S/c1-8(10(13)14)7-11(2)18(15,16)6-4-5-9(12)17-3/h8H,4-7H2,1-3H3,(H,13,14). The Balaban J connectivity index is 4.28. The first kappa shape index (κ1) is 16.9. The third-order valence-electron chi connectivity index (χ3n) is 2.44. The fourth-order valence-corrected chi connectivity index (χ4v) is 2.51. The molecule has 1 atom stereocenters. The molecule has 106 valence electrons. The van der Waals surface area contributed by atoms with E-state index < -0.39 is 27.9 Å². The van der Waals surface area contributed by atoms with Crippen LogP contribution < -0.4 is 0 Å². The van der Waals surface area contributed by atoms with Crippen LogP contribution in [-0.2, 0) is 24.3 Å². The molecule has 0 rings (SSSR count). The molecule has 0 aliphatic heterocycles. The molecule has 0 saturated heterocycles. The molecule has 0 aromatic heterocycles. The summed E-state index contributed by atoms with van der Waals surface area (Å²) in [5.41, 5.74) is 0. The lowest BCUT2D eigenvalue weighted by molar-refractivity contribution is -0.141. The van der Waals surface area contributed by atoms with Crippen molar-refractivity contribution in [3.05, 3.63) is 0 Å². The molecule has 0 aromatic rings. The van der Waals surface area contributed by atoms with E-state index in [4.69, 9.17) is 5.11 Å². The summed E-state index contributed by atoms with van der Waals surface area (Å²) in [5.74, 6) is -2.49. The Morgan fingerprint density at radius 3 is 2.39 bits per heavy atom. The van der Waals surface area contributed by atoms with Crippen LogP contribution in [0, 0.1) is 5.92 Å². The Morgan fingerprint density at radius 2 is 1.94 bits per heavy atom. The van der Waals surface area contributed by atoms with Gasteiger partial charge in [-0.3, -0.25) is 9.59 Å². The van der Waals surface area contributed by atoms with Gasteiger partial charge in [0.15, 0.2) is 0 Å². The molecule has 8 heteroatoms. The zero-order valence-corrected chi connectivity index (χ0v) is 11.6. The van der Waals surface area contributed by atoms with Gasteiger partial charge in [0.05, 0.1) is 18.8 Å². The molecule has 0 fully saturated rings. The number of carboxylic acid groups (broad SMARTS) is 1. The molecule has 7 nitrogen and oxygen atoms in total. The van der Waals surface area contributed by atoms with Gasteiger partial charge in [0, 0.05) is 20.0 Å². The normalized spacial score (nSPS) is 13.3. The van der Waals surface area contributed by atoms with Crippen molar-refractivity contribution in [1.82, 2.24) is 4.31 Å². The topological polar surface area (TPSA) is 101 Å². The van der Waals surface area contributed by atoms with Gasteiger partial charge < -0.3 is 9.84 Å². The summed E-state index contributed by atoms with van der Waals surface area (Å²) >= 11 is 0. The monoisotopic (exact) mass is 281 g/mol. The molecular weight excluding hydrogens is 262 g/mol. The second-order valence-electron chi connectivity index (χ2n) is 4.02. The van der Waals surface area contributed by atoms with Crippen LogP contribution in [0.2, 0.25) is 0 Å². The Kier molecular flexibility index (Phi) is 6.85. The van der Waals surface area contributed by atoms with Crippen LogP contribution in [-0.4, -0.2) is 56.2 Å². The van der Waals surface area contributed by atoms with Crippen LogP contribution in [0.25, 0.3) is 0 Å². The van der Waals surface area contributed by atoms with Crippen molar-refractivity contribution in [1.29, 1.82) is 0 Å². The van der Waals surface area contributed by atoms with Crippen LogP contribution in [0.15, 0.2) is 0 Å². The quantitative estimate of drug-likeness (QED) is 0.625. The Labute approximate surface area is 107 Å². The van der Waals surface area contributed by atoms with Crippen molar-refractivity contribution in [2.45, 2.75) is 19.8 Å². The van der Waals surface area contributed by atoms with Gasteiger partial charge in [-0.25, -0.2) is 12.7 Å². The van der Waals surface area contributed by atoms with Crippen molar-refractivity contribution in [2.24, 2.45) is 5.92 Å². The third kappa shape index (κ3) is 5.97. The predicted molar refractivity (Wildman–Crippen MR) is 64.5 cm³/mol. The fourth-order valence-electron chi connectivity index (χ4n) is 1.23. The van der Waals surface area contributed by atoms with Crippen molar-refractivity contribution >= 4 is 22.0 Å². The van der Waals surface area contributed by atoms with Crippen molar-refractivity contribution < 1.29 is 27.9 Å². The smallest absolute Gasteiger partial charge is 0.307 e. The number of sulfonamides is 1. The van der Waals surface area contributed by atoms with E-state index in [0.717, 1.165) is 4.31 Å². The number of carboxylic acids is 1. The summed E-state index contributed by atoms with van der Waals surface area (Å²) in [4.78, 5) is 21.4. The molecule has 0 heterocycles. The molecular formula is C10H19NO6S. The average molecular weight is 281 g/mol. The van der Waals surface area contributed by atoms with E-state index in [1.807, 2.05) is 0 Å². The van der Waals surface area contributed by atoms with Gasteiger partial charge in [-0.05, 0) is 6.42 Å². The van der Waals surface area contributed by atoms with Crippen LogP contribution in [0.4, 0.5) is 0 Å². The summed E-state index contributed by atoms with van der Waals surface area (Å²) in [7, 11) is -0.971. The maximum absolute atomic E-state index is 11.7. The molecule has 1 unspecified atom stereocenters. The Morgan fingerprint density at radius 1 is 1.39 bits per heavy atom. The number of esters is 1. The zero-order valence-electron chi connectivity index (χ0n) is 10.7. The van der Waals surface area contributed by atoms with Gasteiger partial charge in [-0.15, -0.1) is 0 Å². The van der Waals surface area contributed by atoms with Crippen LogP contribution in [0.1, 0.15) is 19.8 Å². The number of carbonyl (C=O) groups excluding carboxylic acids is 1. The summed E-state index contributed by atoms with van der Waals surface area (Å²) in [6.07, 6.45) is 0.179. The number of hydrogen-bond donors (Lipinski definition) is 1. The minimum absolute atomic E-state index is 0.0258. The number of carbonyl (C=O) groups is 2. The van der Waals surface area contributed by atoms with E-state index in [9.17, 15) is 18.0 Å². The summed E-state index contributed by atoms with van der Waals surface area (Å²) < 4.78 is 28.9. The van der Waals surface area contributed by atoms with Crippen LogP contribution in [0.3, 0.4) is 0 Å². The molecule has 0 bridgehead atoms. The molecule has 0 aliphatic carbocycles. The van der Waals surface area contributed by atoms with Gasteiger partial charge in [0.1, 0.15) is 0 Å². The molecule has 1 N–H and O–H groups in total. The highest BCUT2D eigenvalue weighted by atomic mass is 32.2. The van der Waals surface area contributed by atoms with Crippen molar-refractivity contribution in [3.63, 3.8) is 0 Å². The van der Waals surface area contributed by atoms with E-state index in [1.165, 1.54) is 21.1 Å². The predicted octanol–water partition coefficient (Wildman–Crippen LogP) is -0.0781. The molecule has 0 aliphatic rings. The maximum Gasteiger partial charge on any atom is 0.307 e. The van der Waals surface area contributed by atoms with Gasteiger partial charge in [-0.1, -0.05) is 6.92 Å². The third-order valence-corrected chi connectivity index (χ3v) is 4.34. The highest BCUT2D eigenvalue weighted by Gasteiger charge is 2.22. The first-order valence-electron chi connectivity index (χ1n) is 5.44. The fraction of sp³-hybridized carbons (Fsp3) is 0.800. The van der Waals surface area contributed by atoms with Gasteiger partial charge >= 0.3 is 11.9 Å². The lowest BCUT2D eigenvalue weighted by atomic mass is 10.2. The SMILES string of the molecule is COC(=O)CCCS(=O)(=O)N(C)CC(C)C(=O)O. The number of nitrogens with zero attached hydrogens (tertiary/aromatic N) is 1. The molecule has 0 amide bonds. The summed E-state index contributed by atoms with van der Waals surface area (Å²) in [6, 6.07) is 0. The molecule has 0 radical (unpaired) electrons. The lowest BCUT2D eigenvalue weighted by Gasteiger charge is -2.18. The van der Waals surface area contributed by atoms with E-state index in [-0.39, 0.29) is 25.1 Å². The largest absolute Gasteiger partial charge is 0.481 e. The number of hydrogen-bond acceptors (Lipinski definition) is 5. The Bertz CT molecular complexity index is 391. The number of aliphatic carboxylic acids is 1. The minimum Gasteiger partial charge on any atom is -0.481 e. The summed E-state index contributed by atoms with van der Waals surface area (Å²) in [6.45, 7) is 1.35. The lowest BCUT2D eigenvalue weighted by Crippen LogP contribution is -2.35. The average Bonchev–Trinajstić information content (AvgIpc) is 2.28. The van der Waals surface area contributed by atoms with Crippen LogP contribution in [0.5, 0.6) is 0 Å². The van der Waals surface area contributed by atoms with E-state index in [2.05, 4.69) is 4.74 Å². The van der Waals surface area contributed by atoms with Crippen LogP contribution >= 0.6 is 0 Å². The van der Waals surface area contributed by atoms with E-state index in [0.29, 0.717) is 0 Å². The minimum atomic E-state index is -3.53. The zero-order chi connectivity index (χ0) is 14.3. The highest BCUT2D eigenvalue weighted by Crippen LogP contribution is 2.07. The van der Waals surface area contributed by atoms with E-state index in [1.54, 1.807) is 0 Å². The second-order valence-corrected chi connectivity index (χ2v) is 6.21. The van der Waals surface area contributed by atoms with E-state index >= 15 is 0 Å². The molecule has 0 saturated carbocycles. The summed E-state index contributed by atoms with van der Waals surface area (Å²) in [5, 5.41) is 8.69. The van der Waals surface area contributed by atoms with Crippen molar-refractivity contribution in [3.8, 4) is 0 Å². The number of methoxy groups -OCH3 is 1. The first-order valence-corrected chi connectivity index (χ1v) is 7.05. The van der Waals surface area contributed by atoms with Gasteiger partial charge in [-0.2, -0.15) is 0 Å². The van der Waals surface area contributed by atoms with Gasteiger partial charge in [0.2, 0.25) is 10.0 Å². The maximum atomic E-state index is 11.7. The highest BCUT2D eigenvalue weighted by molar-refractivity contribution is 7.89. The first-order chi connectivity index (χ1) is 8.20. The molecule has 18 heavy (non-hydrogen) atoms. The number of ether oxygens (including phenoxy) is 1. The molecule has 0 aromatic carbocycles. The Hall–Kier alpha value is -1.15. The number of rotatable bonds is 8. The van der Waals surface area contributed by atoms with Crippen molar-refractivity contribution in [2.75, 3.05) is 26.5 Å².